The number of pyridine rings is 2. The van der Waals surface area contributed by atoms with Crippen LogP contribution in [0.25, 0.3) is 5.65 Å². The van der Waals surface area contributed by atoms with E-state index >= 15 is 0 Å². The zero-order valence-corrected chi connectivity index (χ0v) is 14.6. The van der Waals surface area contributed by atoms with Gasteiger partial charge in [0.25, 0.3) is 5.91 Å². The Bertz CT molecular complexity index is 879. The molecule has 0 aliphatic rings. The molecular weight excluding hydrogens is 340 g/mol. The van der Waals surface area contributed by atoms with Crippen LogP contribution >= 0.6 is 11.6 Å². The van der Waals surface area contributed by atoms with E-state index in [2.05, 4.69) is 9.97 Å². The molecule has 130 valence electrons. The van der Waals surface area contributed by atoms with Gasteiger partial charge in [-0.15, -0.1) is 0 Å². The smallest absolute Gasteiger partial charge is 0.273 e. The number of halogens is 1. The maximum absolute atomic E-state index is 13.2. The summed E-state index contributed by atoms with van der Waals surface area (Å²) in [6, 6.07) is 7.29. The van der Waals surface area contributed by atoms with Gasteiger partial charge in [-0.3, -0.25) is 14.2 Å². The van der Waals surface area contributed by atoms with Crippen molar-refractivity contribution in [3.8, 4) is 0 Å². The summed E-state index contributed by atoms with van der Waals surface area (Å²) in [7, 11) is 0. The normalized spacial score (nSPS) is 11.0. The Balaban J connectivity index is 1.97. The number of aromatic nitrogens is 3. The second-order valence-corrected chi connectivity index (χ2v) is 6.22. The SMILES string of the molecule is Cc1nc2ccc(Cl)cn2c1C(=O)N(CCCO)Cc1cccnc1. The summed E-state index contributed by atoms with van der Waals surface area (Å²) in [5.74, 6) is -0.149. The predicted octanol–water partition coefficient (Wildman–Crippen LogP) is 2.72. The van der Waals surface area contributed by atoms with Gasteiger partial charge in [0, 0.05) is 38.3 Å². The van der Waals surface area contributed by atoms with Crippen LogP contribution in [0.4, 0.5) is 0 Å². The number of imidazole rings is 1. The molecule has 6 nitrogen and oxygen atoms in total. The van der Waals surface area contributed by atoms with E-state index in [9.17, 15) is 9.90 Å². The lowest BCUT2D eigenvalue weighted by molar-refractivity contribution is 0.0724. The van der Waals surface area contributed by atoms with Gasteiger partial charge in [-0.2, -0.15) is 0 Å². The summed E-state index contributed by atoms with van der Waals surface area (Å²) in [6.07, 6.45) is 5.62. The highest BCUT2D eigenvalue weighted by Gasteiger charge is 2.22. The average molecular weight is 359 g/mol. The van der Waals surface area contributed by atoms with Crippen molar-refractivity contribution >= 4 is 23.2 Å². The van der Waals surface area contributed by atoms with Crippen LogP contribution in [0.5, 0.6) is 0 Å². The molecule has 0 aliphatic carbocycles. The first-order valence-corrected chi connectivity index (χ1v) is 8.41. The van der Waals surface area contributed by atoms with Gasteiger partial charge >= 0.3 is 0 Å². The van der Waals surface area contributed by atoms with Crippen molar-refractivity contribution in [2.24, 2.45) is 0 Å². The topological polar surface area (TPSA) is 70.7 Å². The molecule has 3 aromatic rings. The molecule has 1 N–H and O–H groups in total. The predicted molar refractivity (Wildman–Crippen MR) is 95.6 cm³/mol. The summed E-state index contributed by atoms with van der Waals surface area (Å²) in [5.41, 5.74) is 2.74. The maximum atomic E-state index is 13.2. The third-order valence-electron chi connectivity index (χ3n) is 3.93. The molecule has 0 radical (unpaired) electrons. The molecule has 3 aromatic heterocycles. The van der Waals surface area contributed by atoms with Gasteiger partial charge in [-0.05, 0) is 37.1 Å². The molecule has 3 rings (SSSR count). The van der Waals surface area contributed by atoms with Crippen molar-refractivity contribution < 1.29 is 9.90 Å². The Labute approximate surface area is 150 Å². The van der Waals surface area contributed by atoms with Crippen molar-refractivity contribution in [2.75, 3.05) is 13.2 Å². The van der Waals surface area contributed by atoms with Crippen molar-refractivity contribution in [3.05, 3.63) is 64.8 Å². The van der Waals surface area contributed by atoms with Crippen molar-refractivity contribution in [1.29, 1.82) is 0 Å². The fraction of sp³-hybridized carbons (Fsp3) is 0.278. The molecule has 0 aromatic carbocycles. The third-order valence-corrected chi connectivity index (χ3v) is 4.15. The fourth-order valence-corrected chi connectivity index (χ4v) is 2.93. The van der Waals surface area contributed by atoms with Gasteiger partial charge in [-0.1, -0.05) is 17.7 Å². The molecule has 0 spiro atoms. The molecule has 0 fully saturated rings. The molecule has 0 saturated carbocycles. The van der Waals surface area contributed by atoms with E-state index < -0.39 is 0 Å². The lowest BCUT2D eigenvalue weighted by Gasteiger charge is -2.22. The van der Waals surface area contributed by atoms with E-state index in [1.54, 1.807) is 40.0 Å². The standard InChI is InChI=1S/C18H19ClN4O2/c1-13-17(23-12-15(19)5-6-16(23)21-13)18(25)22(8-3-9-24)11-14-4-2-7-20-10-14/h2,4-7,10,12,24H,3,8-9,11H2,1H3. The second-order valence-electron chi connectivity index (χ2n) is 5.79. The molecule has 0 unspecified atom stereocenters. The number of fused-ring (bicyclic) bond motifs is 1. The number of hydrogen-bond donors (Lipinski definition) is 1. The van der Waals surface area contributed by atoms with E-state index in [4.69, 9.17) is 11.6 Å². The van der Waals surface area contributed by atoms with E-state index in [0.717, 1.165) is 5.56 Å². The van der Waals surface area contributed by atoms with Gasteiger partial charge in [0.1, 0.15) is 11.3 Å². The average Bonchev–Trinajstić information content (AvgIpc) is 2.94. The van der Waals surface area contributed by atoms with Crippen molar-refractivity contribution in [1.82, 2.24) is 19.3 Å². The van der Waals surface area contributed by atoms with Crippen LogP contribution in [0.1, 0.15) is 28.2 Å². The van der Waals surface area contributed by atoms with Crippen LogP contribution in [-0.2, 0) is 6.54 Å². The number of carbonyl (C=O) groups is 1. The molecule has 0 aliphatic heterocycles. The first-order valence-electron chi connectivity index (χ1n) is 8.03. The lowest BCUT2D eigenvalue weighted by atomic mass is 10.2. The zero-order valence-electron chi connectivity index (χ0n) is 13.9. The Morgan fingerprint density at radius 3 is 2.92 bits per heavy atom. The minimum Gasteiger partial charge on any atom is -0.396 e. The molecule has 7 heteroatoms. The molecule has 25 heavy (non-hydrogen) atoms. The summed E-state index contributed by atoms with van der Waals surface area (Å²) < 4.78 is 1.72. The van der Waals surface area contributed by atoms with E-state index in [0.29, 0.717) is 41.6 Å². The zero-order chi connectivity index (χ0) is 17.8. The molecular formula is C18H19ClN4O2. The highest BCUT2D eigenvalue weighted by molar-refractivity contribution is 6.30. The molecule has 0 saturated heterocycles. The second kappa shape index (κ2) is 7.63. The van der Waals surface area contributed by atoms with E-state index in [-0.39, 0.29) is 12.5 Å². The highest BCUT2D eigenvalue weighted by Crippen LogP contribution is 2.19. The summed E-state index contributed by atoms with van der Waals surface area (Å²) in [6.45, 7) is 2.69. The Hall–Kier alpha value is -2.44. The number of aryl methyl sites for hydroxylation is 1. The summed E-state index contributed by atoms with van der Waals surface area (Å²) in [4.78, 5) is 23.4. The molecule has 3 heterocycles. The molecule has 0 atom stereocenters. The number of hydrogen-bond acceptors (Lipinski definition) is 4. The number of nitrogens with zero attached hydrogens (tertiary/aromatic N) is 4. The molecule has 0 bridgehead atoms. The number of rotatable bonds is 6. The van der Waals surface area contributed by atoms with Crippen LogP contribution < -0.4 is 0 Å². The lowest BCUT2D eigenvalue weighted by Crippen LogP contribution is -2.33. The first kappa shape index (κ1) is 17.4. The van der Waals surface area contributed by atoms with Crippen LogP contribution in [0, 0.1) is 6.92 Å². The minimum absolute atomic E-state index is 0.0226. The fourth-order valence-electron chi connectivity index (χ4n) is 2.77. The quantitative estimate of drug-likeness (QED) is 0.735. The van der Waals surface area contributed by atoms with E-state index in [1.807, 2.05) is 19.1 Å². The minimum atomic E-state index is -0.149. The number of aliphatic hydroxyl groups excluding tert-OH is 1. The van der Waals surface area contributed by atoms with Crippen LogP contribution in [0.15, 0.2) is 42.9 Å². The van der Waals surface area contributed by atoms with Crippen LogP contribution in [0.2, 0.25) is 5.02 Å². The monoisotopic (exact) mass is 358 g/mol. The van der Waals surface area contributed by atoms with Crippen LogP contribution in [-0.4, -0.2) is 43.4 Å². The first-order chi connectivity index (χ1) is 12.1. The summed E-state index contributed by atoms with van der Waals surface area (Å²) >= 11 is 6.08. The van der Waals surface area contributed by atoms with Gasteiger partial charge in [0.15, 0.2) is 0 Å². The number of aliphatic hydroxyl groups is 1. The number of amides is 1. The molecule has 1 amide bonds. The Morgan fingerprint density at radius 1 is 1.36 bits per heavy atom. The number of carbonyl (C=O) groups excluding carboxylic acids is 1. The third kappa shape index (κ3) is 3.81. The van der Waals surface area contributed by atoms with Crippen molar-refractivity contribution in [2.45, 2.75) is 19.9 Å². The highest BCUT2D eigenvalue weighted by atomic mass is 35.5. The van der Waals surface area contributed by atoms with Crippen molar-refractivity contribution in [3.63, 3.8) is 0 Å². The van der Waals surface area contributed by atoms with Gasteiger partial charge in [0.2, 0.25) is 0 Å². The van der Waals surface area contributed by atoms with E-state index in [1.165, 1.54) is 0 Å². The van der Waals surface area contributed by atoms with Gasteiger partial charge in [0.05, 0.1) is 10.7 Å². The van der Waals surface area contributed by atoms with Gasteiger partial charge < -0.3 is 10.0 Å². The Kier molecular flexibility index (Phi) is 5.31. The Morgan fingerprint density at radius 2 is 2.20 bits per heavy atom. The van der Waals surface area contributed by atoms with Crippen LogP contribution in [0.3, 0.4) is 0 Å². The van der Waals surface area contributed by atoms with Gasteiger partial charge in [-0.25, -0.2) is 4.98 Å². The maximum Gasteiger partial charge on any atom is 0.273 e. The largest absolute Gasteiger partial charge is 0.396 e. The summed E-state index contributed by atoms with van der Waals surface area (Å²) in [5, 5.41) is 9.71.